The molecule has 1 amide bonds. The molecule has 0 aliphatic carbocycles. The minimum atomic E-state index is -0.195. The molecule has 0 bridgehead atoms. The maximum atomic E-state index is 12.0. The smallest absolute Gasteiger partial charge is 0.251 e. The number of hydrogen-bond donors (Lipinski definition) is 3. The van der Waals surface area contributed by atoms with Crippen LogP contribution in [0.2, 0.25) is 5.15 Å². The Bertz CT molecular complexity index is 469. The van der Waals surface area contributed by atoms with Crippen LogP contribution in [0.4, 0.5) is 5.82 Å². The first-order valence-corrected chi connectivity index (χ1v) is 6.52. The minimum absolute atomic E-state index is 0.183. The lowest BCUT2D eigenvalue weighted by Gasteiger charge is -2.15. The lowest BCUT2D eigenvalue weighted by molar-refractivity contribution is 0.0907. The first kappa shape index (κ1) is 14.0. The number of hydrazine groups is 1. The fourth-order valence-electron chi connectivity index (χ4n) is 2.07. The predicted octanol–water partition coefficient (Wildman–Crippen LogP) is 1.18. The summed E-state index contributed by atoms with van der Waals surface area (Å²) in [6, 6.07) is 3.06. The van der Waals surface area contributed by atoms with E-state index in [0.29, 0.717) is 23.8 Å². The maximum Gasteiger partial charge on any atom is 0.251 e. The average molecular weight is 285 g/mol. The van der Waals surface area contributed by atoms with Crippen molar-refractivity contribution in [1.29, 1.82) is 0 Å². The third-order valence-corrected chi connectivity index (χ3v) is 3.46. The van der Waals surface area contributed by atoms with Crippen LogP contribution in [0.15, 0.2) is 12.1 Å². The van der Waals surface area contributed by atoms with E-state index in [1.807, 2.05) is 6.92 Å². The monoisotopic (exact) mass is 284 g/mol. The van der Waals surface area contributed by atoms with Crippen LogP contribution in [0.25, 0.3) is 0 Å². The van der Waals surface area contributed by atoms with E-state index in [4.69, 9.17) is 22.2 Å². The summed E-state index contributed by atoms with van der Waals surface area (Å²) in [5, 5.41) is 3.10. The number of hydrogen-bond acceptors (Lipinski definition) is 5. The van der Waals surface area contributed by atoms with Crippen molar-refractivity contribution < 1.29 is 9.53 Å². The van der Waals surface area contributed by atoms with Gasteiger partial charge in [0.25, 0.3) is 5.91 Å². The minimum Gasteiger partial charge on any atom is -0.378 e. The molecule has 0 aromatic carbocycles. The standard InChI is InChI=1S/C12H17ClN4O2/c1-7-8(2-3-19-7)6-15-12(18)9-4-10(13)16-11(5-9)17-14/h4-5,7-8H,2-3,6,14H2,1H3,(H,15,18)(H,16,17). The Morgan fingerprint density at radius 1 is 1.63 bits per heavy atom. The van der Waals surface area contributed by atoms with Gasteiger partial charge in [0, 0.05) is 24.6 Å². The van der Waals surface area contributed by atoms with Gasteiger partial charge in [-0.3, -0.25) is 4.79 Å². The summed E-state index contributed by atoms with van der Waals surface area (Å²) in [5.41, 5.74) is 2.80. The molecule has 0 saturated carbocycles. The maximum absolute atomic E-state index is 12.0. The van der Waals surface area contributed by atoms with E-state index in [1.54, 1.807) is 6.07 Å². The number of rotatable bonds is 4. The molecule has 1 aliphatic heterocycles. The summed E-state index contributed by atoms with van der Waals surface area (Å²) in [7, 11) is 0. The van der Waals surface area contributed by atoms with E-state index in [1.165, 1.54) is 6.07 Å². The lowest BCUT2D eigenvalue weighted by Crippen LogP contribution is -2.32. The number of amides is 1. The average Bonchev–Trinajstić information content (AvgIpc) is 2.80. The number of anilines is 1. The second-order valence-corrected chi connectivity index (χ2v) is 4.93. The molecule has 0 radical (unpaired) electrons. The first-order valence-electron chi connectivity index (χ1n) is 6.14. The molecule has 4 N–H and O–H groups in total. The third-order valence-electron chi connectivity index (χ3n) is 3.26. The summed E-state index contributed by atoms with van der Waals surface area (Å²) in [5.74, 6) is 5.78. The zero-order chi connectivity index (χ0) is 13.8. The van der Waals surface area contributed by atoms with E-state index >= 15 is 0 Å². The van der Waals surface area contributed by atoms with Crippen LogP contribution in [0.3, 0.4) is 0 Å². The van der Waals surface area contributed by atoms with Crippen molar-refractivity contribution in [3.05, 3.63) is 22.8 Å². The highest BCUT2D eigenvalue weighted by atomic mass is 35.5. The largest absolute Gasteiger partial charge is 0.378 e. The third kappa shape index (κ3) is 3.56. The van der Waals surface area contributed by atoms with Crippen LogP contribution in [0.5, 0.6) is 0 Å². The van der Waals surface area contributed by atoms with E-state index in [2.05, 4.69) is 15.7 Å². The quantitative estimate of drug-likeness (QED) is 0.439. The highest BCUT2D eigenvalue weighted by Crippen LogP contribution is 2.19. The van der Waals surface area contributed by atoms with Gasteiger partial charge in [-0.2, -0.15) is 0 Å². The molecular formula is C12H17ClN4O2. The van der Waals surface area contributed by atoms with Crippen molar-refractivity contribution >= 4 is 23.3 Å². The topological polar surface area (TPSA) is 89.3 Å². The fraction of sp³-hybridized carbons (Fsp3) is 0.500. The van der Waals surface area contributed by atoms with Gasteiger partial charge in [0.2, 0.25) is 0 Å². The van der Waals surface area contributed by atoms with E-state index in [9.17, 15) is 4.79 Å². The van der Waals surface area contributed by atoms with E-state index in [-0.39, 0.29) is 17.2 Å². The van der Waals surface area contributed by atoms with Gasteiger partial charge in [0.15, 0.2) is 0 Å². The number of aromatic nitrogens is 1. The highest BCUT2D eigenvalue weighted by molar-refractivity contribution is 6.29. The molecule has 104 valence electrons. The Morgan fingerprint density at radius 3 is 3.05 bits per heavy atom. The van der Waals surface area contributed by atoms with Crippen molar-refractivity contribution in [3.8, 4) is 0 Å². The second-order valence-electron chi connectivity index (χ2n) is 4.54. The molecule has 19 heavy (non-hydrogen) atoms. The van der Waals surface area contributed by atoms with Gasteiger partial charge in [-0.25, -0.2) is 10.8 Å². The lowest BCUT2D eigenvalue weighted by atomic mass is 10.0. The number of nitrogens with zero attached hydrogens (tertiary/aromatic N) is 1. The van der Waals surface area contributed by atoms with Crippen molar-refractivity contribution in [3.63, 3.8) is 0 Å². The molecular weight excluding hydrogens is 268 g/mol. The number of carbonyl (C=O) groups is 1. The molecule has 2 unspecified atom stereocenters. The van der Waals surface area contributed by atoms with Crippen LogP contribution < -0.4 is 16.6 Å². The summed E-state index contributed by atoms with van der Waals surface area (Å²) in [4.78, 5) is 15.9. The first-order chi connectivity index (χ1) is 9.10. The molecule has 1 aromatic heterocycles. The van der Waals surface area contributed by atoms with Gasteiger partial charge in [0.05, 0.1) is 6.10 Å². The number of nitrogen functional groups attached to an aromatic ring is 1. The number of pyridine rings is 1. The molecule has 1 aromatic rings. The number of ether oxygens (including phenoxy) is 1. The molecule has 2 atom stereocenters. The van der Waals surface area contributed by atoms with Crippen molar-refractivity contribution in [2.75, 3.05) is 18.6 Å². The van der Waals surface area contributed by atoms with E-state index in [0.717, 1.165) is 13.0 Å². The van der Waals surface area contributed by atoms with Gasteiger partial charge in [-0.15, -0.1) is 0 Å². The molecule has 0 spiro atoms. The summed E-state index contributed by atoms with van der Waals surface area (Å²) < 4.78 is 5.45. The van der Waals surface area contributed by atoms with Crippen LogP contribution in [0.1, 0.15) is 23.7 Å². The summed E-state index contributed by atoms with van der Waals surface area (Å²) in [6.45, 7) is 3.36. The van der Waals surface area contributed by atoms with Crippen LogP contribution >= 0.6 is 11.6 Å². The SMILES string of the molecule is CC1OCCC1CNC(=O)c1cc(Cl)nc(NN)c1. The molecule has 7 heteroatoms. The van der Waals surface area contributed by atoms with Gasteiger partial charge in [0.1, 0.15) is 11.0 Å². The molecule has 1 aliphatic rings. The number of halogens is 1. The Labute approximate surface area is 116 Å². The molecule has 1 saturated heterocycles. The zero-order valence-corrected chi connectivity index (χ0v) is 11.4. The van der Waals surface area contributed by atoms with Crippen LogP contribution in [-0.2, 0) is 4.74 Å². The fourth-order valence-corrected chi connectivity index (χ4v) is 2.28. The Balaban J connectivity index is 1.97. The number of nitrogens with one attached hydrogen (secondary N) is 2. The normalized spacial score (nSPS) is 22.3. The predicted molar refractivity (Wildman–Crippen MR) is 72.9 cm³/mol. The number of nitrogens with two attached hydrogens (primary N) is 1. The summed E-state index contributed by atoms with van der Waals surface area (Å²) >= 11 is 5.82. The molecule has 1 fully saturated rings. The van der Waals surface area contributed by atoms with Gasteiger partial charge in [-0.1, -0.05) is 11.6 Å². The zero-order valence-electron chi connectivity index (χ0n) is 10.6. The Kier molecular flexibility index (Phi) is 4.57. The van der Waals surface area contributed by atoms with E-state index < -0.39 is 0 Å². The van der Waals surface area contributed by atoms with Crippen LogP contribution in [-0.4, -0.2) is 30.1 Å². The molecule has 6 nitrogen and oxygen atoms in total. The number of carbonyl (C=O) groups excluding carboxylic acids is 1. The van der Waals surface area contributed by atoms with Gasteiger partial charge < -0.3 is 15.5 Å². The van der Waals surface area contributed by atoms with Crippen molar-refractivity contribution in [2.24, 2.45) is 11.8 Å². The Hall–Kier alpha value is -1.37. The summed E-state index contributed by atoms with van der Waals surface area (Å²) in [6.07, 6.45) is 1.15. The van der Waals surface area contributed by atoms with Crippen molar-refractivity contribution in [2.45, 2.75) is 19.4 Å². The van der Waals surface area contributed by atoms with Gasteiger partial charge >= 0.3 is 0 Å². The second kappa shape index (κ2) is 6.18. The highest BCUT2D eigenvalue weighted by Gasteiger charge is 2.24. The molecule has 2 rings (SSSR count). The van der Waals surface area contributed by atoms with Gasteiger partial charge in [-0.05, 0) is 25.5 Å². The Morgan fingerprint density at radius 2 is 2.42 bits per heavy atom. The van der Waals surface area contributed by atoms with Crippen LogP contribution in [0, 0.1) is 5.92 Å². The molecule has 2 heterocycles. The van der Waals surface area contributed by atoms with Crippen molar-refractivity contribution in [1.82, 2.24) is 10.3 Å².